The molecule has 3 aromatic rings. The lowest BCUT2D eigenvalue weighted by molar-refractivity contribution is 0.0115. The fourth-order valence-corrected chi connectivity index (χ4v) is 5.73. The Balaban J connectivity index is 1.52. The summed E-state index contributed by atoms with van der Waals surface area (Å²) in [5, 5.41) is 10.0. The molecular weight excluding hydrogens is 448 g/mol. The van der Waals surface area contributed by atoms with E-state index in [1.165, 1.54) is 4.90 Å². The molecule has 0 bridgehead atoms. The van der Waals surface area contributed by atoms with E-state index in [1.54, 1.807) is 30.3 Å². The summed E-state index contributed by atoms with van der Waals surface area (Å²) < 4.78 is 59.2. The number of aromatic amines is 1. The third kappa shape index (κ3) is 3.56. The van der Waals surface area contributed by atoms with Crippen molar-refractivity contribution in [1.82, 2.24) is 9.88 Å². The Labute approximate surface area is 221 Å². The SMILES string of the molecule is [2H]CC1(C[2H])c2cc(N3C([2H])([2H])CC(N4CCOCC4)CC3([2H])[2H])c(CC)cc2C(=O)c2c1[nH]c1cc(C#N)ccc21. The number of nitriles is 1. The highest BCUT2D eigenvalue weighted by Crippen LogP contribution is 2.46. The molecule has 1 aromatic heterocycles. The Hall–Kier alpha value is -3.14. The number of benzene rings is 2. The average Bonchev–Trinajstić information content (AvgIpc) is 3.36. The first kappa shape index (κ1) is 17.3. The number of fused-ring (bicyclic) bond motifs is 4. The standard InChI is InChI=1S/C30H34N4O2/c1-4-20-16-23-24(17-26(20)34-9-7-21(8-10-34)33-11-13-36-14-12-33)30(2,3)29-27(28(23)35)22-6-5-19(18-31)15-25(22)32-29/h5-6,15-17,21,32H,4,7-14H2,1-3H3/i2D,3D,9D2,10D2. The van der Waals surface area contributed by atoms with Crippen molar-refractivity contribution in [2.45, 2.75) is 51.4 Å². The first-order valence-corrected chi connectivity index (χ1v) is 12.5. The molecule has 6 rings (SSSR count). The fourth-order valence-electron chi connectivity index (χ4n) is 5.73. The van der Waals surface area contributed by atoms with Crippen LogP contribution >= 0.6 is 0 Å². The van der Waals surface area contributed by atoms with Crippen LogP contribution in [0.5, 0.6) is 0 Å². The number of morpholine rings is 1. The Kier molecular flexibility index (Phi) is 4.22. The first-order valence-electron chi connectivity index (χ1n) is 15.9. The molecule has 186 valence electrons. The number of hydrogen-bond donors (Lipinski definition) is 1. The highest BCUT2D eigenvalue weighted by molar-refractivity contribution is 6.20. The van der Waals surface area contributed by atoms with Crippen molar-refractivity contribution < 1.29 is 17.8 Å². The van der Waals surface area contributed by atoms with Crippen molar-refractivity contribution in [3.05, 3.63) is 63.8 Å². The van der Waals surface area contributed by atoms with Gasteiger partial charge in [0.15, 0.2) is 5.78 Å². The van der Waals surface area contributed by atoms with Gasteiger partial charge >= 0.3 is 0 Å². The summed E-state index contributed by atoms with van der Waals surface area (Å²) >= 11 is 0. The van der Waals surface area contributed by atoms with Crippen molar-refractivity contribution in [2.75, 3.05) is 44.2 Å². The van der Waals surface area contributed by atoms with Gasteiger partial charge in [0.1, 0.15) is 0 Å². The average molecular weight is 489 g/mol. The number of rotatable bonds is 3. The number of anilines is 1. The van der Waals surface area contributed by atoms with Gasteiger partial charge in [0.25, 0.3) is 0 Å². The summed E-state index contributed by atoms with van der Waals surface area (Å²) in [5.41, 5.74) is 2.42. The predicted molar refractivity (Wildman–Crippen MR) is 142 cm³/mol. The lowest BCUT2D eigenvalue weighted by Crippen LogP contribution is -2.49. The number of hydrogen-bond acceptors (Lipinski definition) is 5. The lowest BCUT2D eigenvalue weighted by atomic mass is 9.70. The van der Waals surface area contributed by atoms with E-state index in [4.69, 9.17) is 13.0 Å². The van der Waals surface area contributed by atoms with E-state index in [1.807, 2.05) is 6.92 Å². The number of nitrogens with zero attached hydrogens (tertiary/aromatic N) is 3. The van der Waals surface area contributed by atoms with Crippen molar-refractivity contribution in [3.8, 4) is 6.07 Å². The molecule has 3 aliphatic rings. The Morgan fingerprint density at radius 3 is 2.69 bits per heavy atom. The summed E-state index contributed by atoms with van der Waals surface area (Å²) in [5.74, 6) is -0.258. The highest BCUT2D eigenvalue weighted by atomic mass is 16.5. The Morgan fingerprint density at radius 1 is 1.22 bits per heavy atom. The van der Waals surface area contributed by atoms with E-state index in [9.17, 15) is 10.1 Å². The van der Waals surface area contributed by atoms with E-state index in [-0.39, 0.29) is 38.5 Å². The zero-order valence-corrected chi connectivity index (χ0v) is 20.5. The number of nitrogens with one attached hydrogen (secondary N) is 1. The highest BCUT2D eigenvalue weighted by Gasteiger charge is 2.40. The van der Waals surface area contributed by atoms with Gasteiger partial charge in [0.2, 0.25) is 0 Å². The minimum Gasteiger partial charge on any atom is -0.379 e. The number of carbonyl (C=O) groups excluding carboxylic acids is 1. The fraction of sp³-hybridized carbons (Fsp3) is 0.467. The monoisotopic (exact) mass is 488 g/mol. The topological polar surface area (TPSA) is 72.4 Å². The summed E-state index contributed by atoms with van der Waals surface area (Å²) in [6, 6.07) is 10.3. The number of piperidine rings is 1. The summed E-state index contributed by atoms with van der Waals surface area (Å²) in [6.07, 6.45) is 0.661. The zero-order valence-electron chi connectivity index (χ0n) is 26.5. The minimum absolute atomic E-state index is 0.112. The van der Waals surface area contributed by atoms with Crippen LogP contribution in [0, 0.1) is 11.3 Å². The van der Waals surface area contributed by atoms with E-state index in [0.717, 1.165) is 0 Å². The minimum atomic E-state index is -2.04. The van der Waals surface area contributed by atoms with Crippen LogP contribution < -0.4 is 4.90 Å². The normalized spacial score (nSPS) is 25.4. The van der Waals surface area contributed by atoms with Crippen molar-refractivity contribution in [1.29, 1.82) is 5.26 Å². The second kappa shape index (κ2) is 8.76. The van der Waals surface area contributed by atoms with Gasteiger partial charge in [-0.05, 0) is 54.7 Å². The van der Waals surface area contributed by atoms with Gasteiger partial charge in [-0.2, -0.15) is 5.26 Å². The molecule has 36 heavy (non-hydrogen) atoms. The molecule has 2 aromatic carbocycles. The predicted octanol–water partition coefficient (Wildman–Crippen LogP) is 4.77. The number of carbonyl (C=O) groups is 1. The van der Waals surface area contributed by atoms with Crippen LogP contribution in [-0.2, 0) is 16.6 Å². The number of H-pyrrole nitrogens is 1. The zero-order chi connectivity index (χ0) is 30.0. The second-order valence-electron chi connectivity index (χ2n) is 9.90. The largest absolute Gasteiger partial charge is 0.379 e. The molecule has 0 atom stereocenters. The summed E-state index contributed by atoms with van der Waals surface area (Å²) in [6.45, 7) is -0.309. The van der Waals surface area contributed by atoms with Gasteiger partial charge in [-0.1, -0.05) is 26.8 Å². The molecule has 0 spiro atoms. The third-order valence-electron chi connectivity index (χ3n) is 7.77. The Morgan fingerprint density at radius 2 is 2.00 bits per heavy atom. The van der Waals surface area contributed by atoms with Gasteiger partial charge in [0, 0.05) is 73.6 Å². The molecule has 6 heteroatoms. The molecule has 6 nitrogen and oxygen atoms in total. The maximum Gasteiger partial charge on any atom is 0.195 e. The van der Waals surface area contributed by atoms with Crippen LogP contribution in [0.3, 0.4) is 0 Å². The van der Waals surface area contributed by atoms with E-state index < -0.39 is 18.4 Å². The number of ether oxygens (including phenoxy) is 1. The van der Waals surface area contributed by atoms with Gasteiger partial charge in [-0.15, -0.1) is 0 Å². The van der Waals surface area contributed by atoms with Crippen LogP contribution in [-0.4, -0.2) is 61.0 Å². The molecule has 1 aliphatic carbocycles. The molecule has 0 saturated carbocycles. The molecule has 2 aliphatic heterocycles. The summed E-state index contributed by atoms with van der Waals surface area (Å²) in [4.78, 5) is 20.7. The number of aryl methyl sites for hydroxylation is 1. The molecule has 1 N–H and O–H groups in total. The number of ketones is 1. The van der Waals surface area contributed by atoms with Gasteiger partial charge < -0.3 is 14.6 Å². The smallest absolute Gasteiger partial charge is 0.195 e. The maximum atomic E-state index is 14.1. The van der Waals surface area contributed by atoms with Gasteiger partial charge in [0.05, 0.1) is 30.4 Å². The molecule has 3 heterocycles. The van der Waals surface area contributed by atoms with E-state index in [2.05, 4.69) is 16.0 Å². The molecule has 2 fully saturated rings. The van der Waals surface area contributed by atoms with Gasteiger partial charge in [-0.3, -0.25) is 9.69 Å². The number of aromatic nitrogens is 1. The molecule has 2 saturated heterocycles. The van der Waals surface area contributed by atoms with E-state index in [0.29, 0.717) is 82.8 Å². The van der Waals surface area contributed by atoms with Crippen LogP contribution in [0.4, 0.5) is 5.69 Å². The Bertz CT molecular complexity index is 1590. The van der Waals surface area contributed by atoms with E-state index >= 15 is 0 Å². The van der Waals surface area contributed by atoms with Gasteiger partial charge in [-0.25, -0.2) is 0 Å². The second-order valence-corrected chi connectivity index (χ2v) is 9.90. The van der Waals surface area contributed by atoms with Crippen LogP contribution in [0.1, 0.15) is 80.1 Å². The lowest BCUT2D eigenvalue weighted by Gasteiger charge is -2.42. The van der Waals surface area contributed by atoms with Crippen LogP contribution in [0.25, 0.3) is 10.9 Å². The molecular formula is C30H34N4O2. The third-order valence-corrected chi connectivity index (χ3v) is 7.77. The van der Waals surface area contributed by atoms with Crippen molar-refractivity contribution in [2.24, 2.45) is 0 Å². The molecule has 0 radical (unpaired) electrons. The summed E-state index contributed by atoms with van der Waals surface area (Å²) in [7, 11) is 0. The maximum absolute atomic E-state index is 14.1. The van der Waals surface area contributed by atoms with Crippen molar-refractivity contribution >= 4 is 22.4 Å². The van der Waals surface area contributed by atoms with Crippen LogP contribution in [0.2, 0.25) is 0 Å². The molecule has 0 amide bonds. The van der Waals surface area contributed by atoms with Crippen molar-refractivity contribution in [3.63, 3.8) is 0 Å². The van der Waals surface area contributed by atoms with Crippen LogP contribution in [0.15, 0.2) is 30.3 Å². The molecule has 0 unspecified atom stereocenters. The first-order chi connectivity index (χ1) is 20.0. The quantitative estimate of drug-likeness (QED) is 0.575.